The molecule has 0 saturated carbocycles. The standard InChI is InChI=1S/C21H22N2O2/c1-15-8-9-16(2)23(15)19-12-10-18(11-13-19)22-21(24)14-17-6-4-5-7-20(17)25-3/h4-13H,14H2,1-3H3,(H,22,24). The zero-order chi connectivity index (χ0) is 17.8. The molecule has 0 aliphatic heterocycles. The fraction of sp³-hybridized carbons (Fsp3) is 0.190. The van der Waals surface area contributed by atoms with Crippen molar-refractivity contribution in [3.05, 3.63) is 77.6 Å². The van der Waals surface area contributed by atoms with Crippen LogP contribution in [0, 0.1) is 13.8 Å². The van der Waals surface area contributed by atoms with Crippen LogP contribution >= 0.6 is 0 Å². The lowest BCUT2D eigenvalue weighted by Crippen LogP contribution is -2.15. The molecule has 0 saturated heterocycles. The van der Waals surface area contributed by atoms with Gasteiger partial charge >= 0.3 is 0 Å². The number of para-hydroxylation sites is 1. The largest absolute Gasteiger partial charge is 0.496 e. The van der Waals surface area contributed by atoms with Crippen LogP contribution in [0.2, 0.25) is 0 Å². The highest BCUT2D eigenvalue weighted by molar-refractivity contribution is 5.92. The molecule has 1 amide bonds. The van der Waals surface area contributed by atoms with Crippen molar-refractivity contribution in [1.82, 2.24) is 4.57 Å². The number of aryl methyl sites for hydroxylation is 2. The van der Waals surface area contributed by atoms with Crippen molar-refractivity contribution < 1.29 is 9.53 Å². The summed E-state index contributed by atoms with van der Waals surface area (Å²) in [5.41, 5.74) is 5.11. The molecular formula is C21H22N2O2. The van der Waals surface area contributed by atoms with E-state index in [2.05, 4.69) is 35.9 Å². The van der Waals surface area contributed by atoms with Gasteiger partial charge in [-0.1, -0.05) is 18.2 Å². The summed E-state index contributed by atoms with van der Waals surface area (Å²) in [6.45, 7) is 4.16. The lowest BCUT2D eigenvalue weighted by atomic mass is 10.1. The van der Waals surface area contributed by atoms with Gasteiger partial charge in [-0.15, -0.1) is 0 Å². The van der Waals surface area contributed by atoms with Crippen LogP contribution in [0.25, 0.3) is 5.69 Å². The summed E-state index contributed by atoms with van der Waals surface area (Å²) in [6.07, 6.45) is 0.279. The number of amides is 1. The summed E-state index contributed by atoms with van der Waals surface area (Å²) < 4.78 is 7.47. The molecule has 25 heavy (non-hydrogen) atoms. The van der Waals surface area contributed by atoms with Gasteiger partial charge in [-0.3, -0.25) is 4.79 Å². The van der Waals surface area contributed by atoms with Crippen LogP contribution in [0.5, 0.6) is 5.75 Å². The van der Waals surface area contributed by atoms with Crippen LogP contribution < -0.4 is 10.1 Å². The molecular weight excluding hydrogens is 312 g/mol. The number of nitrogens with one attached hydrogen (secondary N) is 1. The van der Waals surface area contributed by atoms with E-state index in [-0.39, 0.29) is 12.3 Å². The molecule has 1 N–H and O–H groups in total. The second-order valence-corrected chi connectivity index (χ2v) is 6.04. The van der Waals surface area contributed by atoms with E-state index in [9.17, 15) is 4.79 Å². The fourth-order valence-electron chi connectivity index (χ4n) is 3.00. The van der Waals surface area contributed by atoms with Crippen molar-refractivity contribution in [2.45, 2.75) is 20.3 Å². The molecule has 4 nitrogen and oxygen atoms in total. The van der Waals surface area contributed by atoms with E-state index in [0.29, 0.717) is 0 Å². The monoisotopic (exact) mass is 334 g/mol. The van der Waals surface area contributed by atoms with Gasteiger partial charge in [0.15, 0.2) is 0 Å². The van der Waals surface area contributed by atoms with E-state index in [0.717, 1.165) is 22.7 Å². The van der Waals surface area contributed by atoms with E-state index in [4.69, 9.17) is 4.74 Å². The second kappa shape index (κ2) is 7.26. The summed E-state index contributed by atoms with van der Waals surface area (Å²) in [4.78, 5) is 12.3. The normalized spacial score (nSPS) is 10.5. The molecule has 0 aliphatic carbocycles. The van der Waals surface area contributed by atoms with Gasteiger partial charge in [-0.2, -0.15) is 0 Å². The maximum Gasteiger partial charge on any atom is 0.228 e. The third-order valence-corrected chi connectivity index (χ3v) is 4.22. The van der Waals surface area contributed by atoms with Crippen molar-refractivity contribution in [3.8, 4) is 11.4 Å². The van der Waals surface area contributed by atoms with Crippen LogP contribution in [-0.4, -0.2) is 17.6 Å². The molecule has 0 atom stereocenters. The number of hydrogen-bond acceptors (Lipinski definition) is 2. The minimum Gasteiger partial charge on any atom is -0.496 e. The number of carbonyl (C=O) groups excluding carboxylic acids is 1. The maximum atomic E-state index is 12.3. The number of aromatic nitrogens is 1. The molecule has 1 heterocycles. The second-order valence-electron chi connectivity index (χ2n) is 6.04. The Hall–Kier alpha value is -3.01. The minimum absolute atomic E-state index is 0.0643. The van der Waals surface area contributed by atoms with Gasteiger partial charge in [0.2, 0.25) is 5.91 Å². The van der Waals surface area contributed by atoms with Gasteiger partial charge in [0.05, 0.1) is 13.5 Å². The van der Waals surface area contributed by atoms with Crippen LogP contribution in [0.3, 0.4) is 0 Å². The third kappa shape index (κ3) is 3.74. The van der Waals surface area contributed by atoms with Gasteiger partial charge < -0.3 is 14.6 Å². The predicted molar refractivity (Wildman–Crippen MR) is 101 cm³/mol. The Balaban J connectivity index is 1.70. The molecule has 0 fully saturated rings. The average Bonchev–Trinajstić information content (AvgIpc) is 2.95. The molecule has 0 aliphatic rings. The first-order chi connectivity index (χ1) is 12.1. The molecule has 0 radical (unpaired) electrons. The Morgan fingerprint density at radius 2 is 1.60 bits per heavy atom. The van der Waals surface area contributed by atoms with Crippen LogP contribution in [-0.2, 0) is 11.2 Å². The lowest BCUT2D eigenvalue weighted by Gasteiger charge is -2.11. The SMILES string of the molecule is COc1ccccc1CC(=O)Nc1ccc(-n2c(C)ccc2C)cc1. The first-order valence-corrected chi connectivity index (χ1v) is 8.25. The number of hydrogen-bond donors (Lipinski definition) is 1. The van der Waals surface area contributed by atoms with Crippen LogP contribution in [0.15, 0.2) is 60.7 Å². The summed E-state index contributed by atoms with van der Waals surface area (Å²) in [7, 11) is 1.61. The van der Waals surface area contributed by atoms with Crippen LogP contribution in [0.4, 0.5) is 5.69 Å². The average molecular weight is 334 g/mol. The molecule has 3 rings (SSSR count). The Morgan fingerprint density at radius 3 is 2.24 bits per heavy atom. The van der Waals surface area contributed by atoms with E-state index < -0.39 is 0 Å². The number of ether oxygens (including phenoxy) is 1. The Kier molecular flexibility index (Phi) is 4.89. The van der Waals surface area contributed by atoms with E-state index in [1.54, 1.807) is 7.11 Å². The van der Waals surface area contributed by atoms with Crippen molar-refractivity contribution in [2.75, 3.05) is 12.4 Å². The number of anilines is 1. The Labute approximate surface area is 148 Å². The molecule has 2 aromatic carbocycles. The number of benzene rings is 2. The summed E-state index contributed by atoms with van der Waals surface area (Å²) in [5.74, 6) is 0.664. The molecule has 0 spiro atoms. The molecule has 0 bridgehead atoms. The summed E-state index contributed by atoms with van der Waals surface area (Å²) >= 11 is 0. The van der Waals surface area contributed by atoms with Gasteiger partial charge in [-0.25, -0.2) is 0 Å². The number of nitrogens with zero attached hydrogens (tertiary/aromatic N) is 1. The summed E-state index contributed by atoms with van der Waals surface area (Å²) in [5, 5.41) is 2.94. The van der Waals surface area contributed by atoms with Gasteiger partial charge in [-0.05, 0) is 56.3 Å². The quantitative estimate of drug-likeness (QED) is 0.756. The van der Waals surface area contributed by atoms with Crippen molar-refractivity contribution >= 4 is 11.6 Å². The first kappa shape index (κ1) is 16.8. The highest BCUT2D eigenvalue weighted by atomic mass is 16.5. The summed E-state index contributed by atoms with van der Waals surface area (Å²) in [6, 6.07) is 19.6. The molecule has 128 valence electrons. The highest BCUT2D eigenvalue weighted by Crippen LogP contribution is 2.20. The third-order valence-electron chi connectivity index (χ3n) is 4.22. The van der Waals surface area contributed by atoms with E-state index >= 15 is 0 Å². The molecule has 3 aromatic rings. The minimum atomic E-state index is -0.0643. The first-order valence-electron chi connectivity index (χ1n) is 8.25. The smallest absolute Gasteiger partial charge is 0.228 e. The van der Waals surface area contributed by atoms with Crippen molar-refractivity contribution in [1.29, 1.82) is 0 Å². The van der Waals surface area contributed by atoms with Gasteiger partial charge in [0.1, 0.15) is 5.75 Å². The van der Waals surface area contributed by atoms with Gasteiger partial charge in [0, 0.05) is 28.3 Å². The Morgan fingerprint density at radius 1 is 0.960 bits per heavy atom. The molecule has 4 heteroatoms. The number of carbonyl (C=O) groups is 1. The van der Waals surface area contributed by atoms with Crippen molar-refractivity contribution in [2.24, 2.45) is 0 Å². The topological polar surface area (TPSA) is 43.3 Å². The zero-order valence-electron chi connectivity index (χ0n) is 14.7. The molecule has 0 unspecified atom stereocenters. The van der Waals surface area contributed by atoms with E-state index in [1.165, 1.54) is 11.4 Å². The van der Waals surface area contributed by atoms with E-state index in [1.807, 2.05) is 48.5 Å². The fourth-order valence-corrected chi connectivity index (χ4v) is 3.00. The van der Waals surface area contributed by atoms with Gasteiger partial charge in [0.25, 0.3) is 0 Å². The maximum absolute atomic E-state index is 12.3. The predicted octanol–water partition coefficient (Wildman–Crippen LogP) is 4.28. The van der Waals surface area contributed by atoms with Crippen LogP contribution in [0.1, 0.15) is 17.0 Å². The zero-order valence-corrected chi connectivity index (χ0v) is 14.7. The number of methoxy groups -OCH3 is 1. The van der Waals surface area contributed by atoms with Crippen molar-refractivity contribution in [3.63, 3.8) is 0 Å². The molecule has 1 aromatic heterocycles. The number of rotatable bonds is 5. The Bertz CT molecular complexity index is 860. The lowest BCUT2D eigenvalue weighted by molar-refractivity contribution is -0.115. The highest BCUT2D eigenvalue weighted by Gasteiger charge is 2.09.